The van der Waals surface area contributed by atoms with Gasteiger partial charge in [0, 0.05) is 11.8 Å². The van der Waals surface area contributed by atoms with E-state index in [4.69, 9.17) is 0 Å². The summed E-state index contributed by atoms with van der Waals surface area (Å²) in [6.07, 6.45) is 3.83. The predicted octanol–water partition coefficient (Wildman–Crippen LogP) is 4.05. The quantitative estimate of drug-likeness (QED) is 0.699. The predicted molar refractivity (Wildman–Crippen MR) is 77.9 cm³/mol. The lowest BCUT2D eigenvalue weighted by molar-refractivity contribution is 0.619. The summed E-state index contributed by atoms with van der Waals surface area (Å²) in [7, 11) is 0. The third kappa shape index (κ3) is 2.77. The molecule has 0 amide bonds. The van der Waals surface area contributed by atoms with Crippen LogP contribution in [0.3, 0.4) is 0 Å². The van der Waals surface area contributed by atoms with Crippen molar-refractivity contribution in [1.29, 1.82) is 0 Å². The monoisotopic (exact) mass is 266 g/mol. The van der Waals surface area contributed by atoms with E-state index in [9.17, 15) is 4.39 Å². The van der Waals surface area contributed by atoms with Crippen molar-refractivity contribution in [3.05, 3.63) is 77.9 Å². The van der Waals surface area contributed by atoms with E-state index < -0.39 is 0 Å². The van der Waals surface area contributed by atoms with E-state index in [0.29, 0.717) is 6.54 Å². The van der Waals surface area contributed by atoms with Gasteiger partial charge >= 0.3 is 0 Å². The van der Waals surface area contributed by atoms with Gasteiger partial charge in [-0.1, -0.05) is 42.0 Å². The van der Waals surface area contributed by atoms with E-state index in [2.05, 4.69) is 30.2 Å². The van der Waals surface area contributed by atoms with Gasteiger partial charge < -0.3 is 0 Å². The molecule has 3 rings (SSSR count). The molecule has 1 heterocycles. The van der Waals surface area contributed by atoms with Crippen molar-refractivity contribution in [3.63, 3.8) is 0 Å². The standard InChI is InChI=1S/C17H15FN2/c1-13-4-2-6-15(8-13)16-10-19-20(12-16)11-14-5-3-7-17(18)9-14/h2-10,12H,11H2,1H3. The molecule has 0 bridgehead atoms. The van der Waals surface area contributed by atoms with Crippen LogP contribution in [0.15, 0.2) is 60.9 Å². The maximum Gasteiger partial charge on any atom is 0.123 e. The van der Waals surface area contributed by atoms with Crippen LogP contribution in [0.2, 0.25) is 0 Å². The SMILES string of the molecule is Cc1cccc(-c2cnn(Cc3cccc(F)c3)c2)c1. The molecule has 100 valence electrons. The first kappa shape index (κ1) is 12.6. The molecule has 3 aromatic rings. The highest BCUT2D eigenvalue weighted by Crippen LogP contribution is 2.19. The molecule has 2 aromatic carbocycles. The second kappa shape index (κ2) is 5.29. The van der Waals surface area contributed by atoms with Gasteiger partial charge in [-0.05, 0) is 30.2 Å². The molecule has 2 nitrogen and oxygen atoms in total. The molecule has 0 aliphatic heterocycles. The van der Waals surface area contributed by atoms with Crippen molar-refractivity contribution in [2.24, 2.45) is 0 Å². The fourth-order valence-corrected chi connectivity index (χ4v) is 2.25. The largest absolute Gasteiger partial charge is 0.268 e. The van der Waals surface area contributed by atoms with Gasteiger partial charge in [-0.3, -0.25) is 4.68 Å². The van der Waals surface area contributed by atoms with Crippen LogP contribution in [0.5, 0.6) is 0 Å². The molecule has 0 aliphatic carbocycles. The van der Waals surface area contributed by atoms with Gasteiger partial charge in [-0.25, -0.2) is 4.39 Å². The fraction of sp³-hybridized carbons (Fsp3) is 0.118. The molecule has 0 unspecified atom stereocenters. The second-order valence-electron chi connectivity index (χ2n) is 4.93. The lowest BCUT2D eigenvalue weighted by atomic mass is 10.1. The van der Waals surface area contributed by atoms with Crippen LogP contribution >= 0.6 is 0 Å². The molecule has 0 aliphatic rings. The van der Waals surface area contributed by atoms with Gasteiger partial charge in [0.1, 0.15) is 5.82 Å². The molecule has 0 spiro atoms. The van der Waals surface area contributed by atoms with Gasteiger partial charge in [0.15, 0.2) is 0 Å². The maximum absolute atomic E-state index is 13.2. The van der Waals surface area contributed by atoms with Gasteiger partial charge in [-0.15, -0.1) is 0 Å². The molecule has 0 saturated heterocycles. The van der Waals surface area contributed by atoms with Crippen molar-refractivity contribution < 1.29 is 4.39 Å². The number of hydrogen-bond donors (Lipinski definition) is 0. The van der Waals surface area contributed by atoms with Crippen molar-refractivity contribution in [2.75, 3.05) is 0 Å². The number of halogens is 1. The Morgan fingerprint density at radius 3 is 2.70 bits per heavy atom. The number of hydrogen-bond acceptors (Lipinski definition) is 1. The third-order valence-electron chi connectivity index (χ3n) is 3.22. The van der Waals surface area contributed by atoms with Gasteiger partial charge in [0.05, 0.1) is 12.7 Å². The number of aromatic nitrogens is 2. The lowest BCUT2D eigenvalue weighted by Gasteiger charge is -2.02. The second-order valence-corrected chi connectivity index (χ2v) is 4.93. The highest BCUT2D eigenvalue weighted by molar-refractivity contribution is 5.62. The molecule has 20 heavy (non-hydrogen) atoms. The zero-order chi connectivity index (χ0) is 13.9. The van der Waals surface area contributed by atoms with Crippen LogP contribution < -0.4 is 0 Å². The zero-order valence-electron chi connectivity index (χ0n) is 11.3. The molecule has 1 aromatic heterocycles. The van der Waals surface area contributed by atoms with Crippen molar-refractivity contribution in [2.45, 2.75) is 13.5 Å². The first-order chi connectivity index (χ1) is 9.70. The van der Waals surface area contributed by atoms with Crippen LogP contribution in [-0.4, -0.2) is 9.78 Å². The first-order valence-corrected chi connectivity index (χ1v) is 6.55. The zero-order valence-corrected chi connectivity index (χ0v) is 11.3. The van der Waals surface area contributed by atoms with Crippen LogP contribution in [0.25, 0.3) is 11.1 Å². The number of rotatable bonds is 3. The van der Waals surface area contributed by atoms with Crippen LogP contribution in [0.1, 0.15) is 11.1 Å². The summed E-state index contributed by atoms with van der Waals surface area (Å²) in [5.74, 6) is -0.214. The minimum atomic E-state index is -0.214. The van der Waals surface area contributed by atoms with Gasteiger partial charge in [-0.2, -0.15) is 5.10 Å². The summed E-state index contributed by atoms with van der Waals surface area (Å²) in [5.41, 5.74) is 4.35. The molecule has 0 saturated carbocycles. The van der Waals surface area contributed by atoms with Crippen molar-refractivity contribution in [3.8, 4) is 11.1 Å². The van der Waals surface area contributed by atoms with Crippen molar-refractivity contribution >= 4 is 0 Å². The Bertz CT molecular complexity index is 731. The highest BCUT2D eigenvalue weighted by atomic mass is 19.1. The number of aryl methyl sites for hydroxylation is 1. The van der Waals surface area contributed by atoms with E-state index in [-0.39, 0.29) is 5.82 Å². The first-order valence-electron chi connectivity index (χ1n) is 6.55. The summed E-state index contributed by atoms with van der Waals surface area (Å²) < 4.78 is 15.0. The summed E-state index contributed by atoms with van der Waals surface area (Å²) >= 11 is 0. The topological polar surface area (TPSA) is 17.8 Å². The highest BCUT2D eigenvalue weighted by Gasteiger charge is 2.03. The van der Waals surface area contributed by atoms with Gasteiger partial charge in [0.25, 0.3) is 0 Å². The summed E-state index contributed by atoms with van der Waals surface area (Å²) in [6.45, 7) is 2.64. The molecule has 0 N–H and O–H groups in total. The maximum atomic E-state index is 13.2. The fourth-order valence-electron chi connectivity index (χ4n) is 2.25. The Labute approximate surface area is 117 Å². The third-order valence-corrected chi connectivity index (χ3v) is 3.22. The Hall–Kier alpha value is -2.42. The Morgan fingerprint density at radius 2 is 1.90 bits per heavy atom. The summed E-state index contributed by atoms with van der Waals surface area (Å²) in [6, 6.07) is 14.9. The average Bonchev–Trinajstić information content (AvgIpc) is 2.87. The smallest absolute Gasteiger partial charge is 0.123 e. The average molecular weight is 266 g/mol. The molecular weight excluding hydrogens is 251 g/mol. The van der Waals surface area contributed by atoms with E-state index in [1.54, 1.807) is 6.07 Å². The normalized spacial score (nSPS) is 10.7. The number of benzene rings is 2. The van der Waals surface area contributed by atoms with Crippen LogP contribution in [-0.2, 0) is 6.54 Å². The Kier molecular flexibility index (Phi) is 3.33. The van der Waals surface area contributed by atoms with Crippen LogP contribution in [0.4, 0.5) is 4.39 Å². The molecule has 0 atom stereocenters. The summed E-state index contributed by atoms with van der Waals surface area (Å²) in [4.78, 5) is 0. The molecular formula is C17H15FN2. The molecule has 0 radical (unpaired) electrons. The minimum Gasteiger partial charge on any atom is -0.268 e. The molecule has 0 fully saturated rings. The van der Waals surface area contributed by atoms with Crippen LogP contribution in [0, 0.1) is 12.7 Å². The number of nitrogens with zero attached hydrogens (tertiary/aromatic N) is 2. The van der Waals surface area contributed by atoms with E-state index >= 15 is 0 Å². The molecule has 3 heteroatoms. The van der Waals surface area contributed by atoms with Gasteiger partial charge in [0.2, 0.25) is 0 Å². The lowest BCUT2D eigenvalue weighted by Crippen LogP contribution is -1.99. The minimum absolute atomic E-state index is 0.214. The van der Waals surface area contributed by atoms with E-state index in [1.807, 2.05) is 29.2 Å². The van der Waals surface area contributed by atoms with E-state index in [1.165, 1.54) is 17.7 Å². The van der Waals surface area contributed by atoms with E-state index in [0.717, 1.165) is 16.7 Å². The Morgan fingerprint density at radius 1 is 1.05 bits per heavy atom. The Balaban J connectivity index is 1.84. The summed E-state index contributed by atoms with van der Waals surface area (Å²) in [5, 5.41) is 4.34. The van der Waals surface area contributed by atoms with Crippen molar-refractivity contribution in [1.82, 2.24) is 9.78 Å².